The van der Waals surface area contributed by atoms with Crippen molar-refractivity contribution in [2.24, 2.45) is 11.7 Å². The Morgan fingerprint density at radius 2 is 2.12 bits per heavy atom. The van der Waals surface area contributed by atoms with E-state index in [0.717, 1.165) is 4.57 Å². The van der Waals surface area contributed by atoms with Crippen LogP contribution in [0.1, 0.15) is 13.8 Å². The second kappa shape index (κ2) is 4.78. The van der Waals surface area contributed by atoms with Gasteiger partial charge < -0.3 is 10.3 Å². The molecule has 1 unspecified atom stereocenters. The molecule has 0 spiro atoms. The number of nitrogens with two attached hydrogens (primary N) is 1. The van der Waals surface area contributed by atoms with Gasteiger partial charge in [0.15, 0.2) is 0 Å². The van der Waals surface area contributed by atoms with E-state index in [0.29, 0.717) is 6.54 Å². The van der Waals surface area contributed by atoms with E-state index in [1.807, 2.05) is 0 Å². The van der Waals surface area contributed by atoms with Crippen molar-refractivity contribution in [3.8, 4) is 0 Å². The quantitative estimate of drug-likeness (QED) is 0.724. The molecule has 0 aromatic carbocycles. The van der Waals surface area contributed by atoms with E-state index >= 15 is 0 Å². The van der Waals surface area contributed by atoms with Crippen LogP contribution in [0.5, 0.6) is 0 Å². The first-order chi connectivity index (χ1) is 7.47. The second-order valence-electron chi connectivity index (χ2n) is 3.64. The number of aromatic nitrogens is 2. The first-order valence-electron chi connectivity index (χ1n) is 5.07. The fourth-order valence-electron chi connectivity index (χ4n) is 1.33. The topological polar surface area (TPSA) is 87.1 Å². The van der Waals surface area contributed by atoms with Crippen LogP contribution in [0.2, 0.25) is 0 Å². The lowest BCUT2D eigenvalue weighted by atomic mass is 10.2. The molecule has 1 aromatic rings. The number of aryl methyl sites for hydroxylation is 1. The summed E-state index contributed by atoms with van der Waals surface area (Å²) in [5.41, 5.74) is 4.26. The van der Waals surface area contributed by atoms with Gasteiger partial charge in [0.25, 0.3) is 5.56 Å². The summed E-state index contributed by atoms with van der Waals surface area (Å²) in [5, 5.41) is 0. The predicted octanol–water partition coefficient (Wildman–Crippen LogP) is -0.849. The van der Waals surface area contributed by atoms with Crippen molar-refractivity contribution in [2.45, 2.75) is 26.9 Å². The van der Waals surface area contributed by atoms with Crippen molar-refractivity contribution < 1.29 is 4.79 Å². The van der Waals surface area contributed by atoms with Crippen LogP contribution in [-0.2, 0) is 17.9 Å². The average molecular weight is 225 g/mol. The Bertz CT molecular complexity index is 501. The van der Waals surface area contributed by atoms with Crippen LogP contribution in [0.4, 0.5) is 0 Å². The Morgan fingerprint density at radius 3 is 2.62 bits per heavy atom. The van der Waals surface area contributed by atoms with E-state index in [9.17, 15) is 14.4 Å². The number of nitrogens with zero attached hydrogens (tertiary/aromatic N) is 2. The number of rotatable bonds is 4. The van der Waals surface area contributed by atoms with Crippen LogP contribution in [0.15, 0.2) is 21.9 Å². The molecular weight excluding hydrogens is 210 g/mol. The zero-order chi connectivity index (χ0) is 12.3. The van der Waals surface area contributed by atoms with Crippen LogP contribution < -0.4 is 17.0 Å². The maximum Gasteiger partial charge on any atom is 0.330 e. The van der Waals surface area contributed by atoms with Gasteiger partial charge in [-0.25, -0.2) is 4.79 Å². The zero-order valence-electron chi connectivity index (χ0n) is 9.34. The SMILES string of the molecule is CCn1ccc(=O)n(CC(C)C(N)=O)c1=O. The molecule has 1 aromatic heterocycles. The normalized spacial score (nSPS) is 12.4. The highest BCUT2D eigenvalue weighted by molar-refractivity contribution is 5.76. The third-order valence-corrected chi connectivity index (χ3v) is 2.42. The number of primary amides is 1. The van der Waals surface area contributed by atoms with Crippen LogP contribution >= 0.6 is 0 Å². The van der Waals surface area contributed by atoms with E-state index in [2.05, 4.69) is 0 Å². The molecule has 1 rings (SSSR count). The summed E-state index contributed by atoms with van der Waals surface area (Å²) < 4.78 is 2.42. The number of hydrogen-bond acceptors (Lipinski definition) is 3. The van der Waals surface area contributed by atoms with Gasteiger partial charge in [-0.1, -0.05) is 6.92 Å². The monoisotopic (exact) mass is 225 g/mol. The molecule has 88 valence electrons. The Morgan fingerprint density at radius 1 is 1.50 bits per heavy atom. The van der Waals surface area contributed by atoms with Crippen molar-refractivity contribution in [3.63, 3.8) is 0 Å². The molecule has 0 saturated carbocycles. The van der Waals surface area contributed by atoms with Gasteiger partial charge in [0, 0.05) is 25.4 Å². The minimum atomic E-state index is -0.543. The van der Waals surface area contributed by atoms with Gasteiger partial charge >= 0.3 is 5.69 Å². The van der Waals surface area contributed by atoms with Crippen LogP contribution in [0, 0.1) is 5.92 Å². The maximum absolute atomic E-state index is 11.8. The molecule has 0 aliphatic heterocycles. The standard InChI is InChI=1S/C10H15N3O3/c1-3-12-5-4-8(14)13(10(12)16)6-7(2)9(11)15/h4-5,7H,3,6H2,1-2H3,(H2,11,15). The van der Waals surface area contributed by atoms with Gasteiger partial charge in [-0.05, 0) is 6.92 Å². The minimum Gasteiger partial charge on any atom is -0.369 e. The van der Waals surface area contributed by atoms with E-state index in [1.165, 1.54) is 16.8 Å². The molecule has 1 heterocycles. The smallest absolute Gasteiger partial charge is 0.330 e. The van der Waals surface area contributed by atoms with E-state index in [4.69, 9.17) is 5.73 Å². The molecule has 1 amide bonds. The van der Waals surface area contributed by atoms with E-state index < -0.39 is 23.1 Å². The molecule has 0 aliphatic rings. The largest absolute Gasteiger partial charge is 0.369 e. The van der Waals surface area contributed by atoms with Gasteiger partial charge in [0.2, 0.25) is 5.91 Å². The van der Waals surface area contributed by atoms with Gasteiger partial charge in [-0.2, -0.15) is 0 Å². The first kappa shape index (κ1) is 12.2. The summed E-state index contributed by atoms with van der Waals surface area (Å²) in [5.74, 6) is -1.07. The molecule has 0 bridgehead atoms. The first-order valence-corrected chi connectivity index (χ1v) is 5.07. The summed E-state index contributed by atoms with van der Waals surface area (Å²) in [7, 11) is 0. The average Bonchev–Trinajstić information content (AvgIpc) is 2.24. The third kappa shape index (κ3) is 2.39. The number of hydrogen-bond donors (Lipinski definition) is 1. The van der Waals surface area contributed by atoms with Crippen LogP contribution in [0.25, 0.3) is 0 Å². The van der Waals surface area contributed by atoms with Crippen LogP contribution in [0.3, 0.4) is 0 Å². The number of amides is 1. The Labute approximate surface area is 92.3 Å². The molecule has 0 saturated heterocycles. The summed E-state index contributed by atoms with van der Waals surface area (Å²) in [6, 6.07) is 1.30. The Balaban J connectivity index is 3.18. The summed E-state index contributed by atoms with van der Waals surface area (Å²) in [6.07, 6.45) is 1.44. The maximum atomic E-state index is 11.8. The highest BCUT2D eigenvalue weighted by Crippen LogP contribution is 1.94. The summed E-state index contributed by atoms with van der Waals surface area (Å²) in [4.78, 5) is 34.1. The van der Waals surface area contributed by atoms with Crippen molar-refractivity contribution >= 4 is 5.91 Å². The fraction of sp³-hybridized carbons (Fsp3) is 0.500. The predicted molar refractivity (Wildman–Crippen MR) is 59.0 cm³/mol. The molecule has 1 atom stereocenters. The summed E-state index contributed by atoms with van der Waals surface area (Å²) in [6.45, 7) is 3.88. The fourth-order valence-corrected chi connectivity index (χ4v) is 1.33. The van der Waals surface area contributed by atoms with Crippen molar-refractivity contribution in [1.82, 2.24) is 9.13 Å². The molecule has 6 nitrogen and oxygen atoms in total. The molecule has 6 heteroatoms. The molecular formula is C10H15N3O3. The zero-order valence-corrected chi connectivity index (χ0v) is 9.34. The molecule has 16 heavy (non-hydrogen) atoms. The van der Waals surface area contributed by atoms with Gasteiger partial charge in [0.1, 0.15) is 0 Å². The van der Waals surface area contributed by atoms with E-state index in [1.54, 1.807) is 13.8 Å². The summed E-state index contributed by atoms with van der Waals surface area (Å²) >= 11 is 0. The molecule has 0 radical (unpaired) electrons. The lowest BCUT2D eigenvalue weighted by Gasteiger charge is -2.10. The number of carbonyl (C=O) groups excluding carboxylic acids is 1. The second-order valence-corrected chi connectivity index (χ2v) is 3.64. The van der Waals surface area contributed by atoms with Crippen molar-refractivity contribution in [2.75, 3.05) is 0 Å². The lowest BCUT2D eigenvalue weighted by Crippen LogP contribution is -2.41. The Hall–Kier alpha value is -1.85. The highest BCUT2D eigenvalue weighted by atomic mass is 16.2. The lowest BCUT2D eigenvalue weighted by molar-refractivity contribution is -0.121. The van der Waals surface area contributed by atoms with Gasteiger partial charge in [-0.3, -0.25) is 14.2 Å². The van der Waals surface area contributed by atoms with Gasteiger partial charge in [0.05, 0.1) is 5.92 Å². The third-order valence-electron chi connectivity index (χ3n) is 2.42. The van der Waals surface area contributed by atoms with Crippen molar-refractivity contribution in [1.29, 1.82) is 0 Å². The van der Waals surface area contributed by atoms with Crippen molar-refractivity contribution in [3.05, 3.63) is 33.1 Å². The van der Waals surface area contributed by atoms with Gasteiger partial charge in [-0.15, -0.1) is 0 Å². The molecule has 2 N–H and O–H groups in total. The number of carbonyl (C=O) groups is 1. The minimum absolute atomic E-state index is 0.0217. The molecule has 0 aliphatic carbocycles. The Kier molecular flexibility index (Phi) is 3.65. The highest BCUT2D eigenvalue weighted by Gasteiger charge is 2.13. The molecule has 0 fully saturated rings. The van der Waals surface area contributed by atoms with Crippen LogP contribution in [-0.4, -0.2) is 15.0 Å². The van der Waals surface area contributed by atoms with E-state index in [-0.39, 0.29) is 6.54 Å².